The summed E-state index contributed by atoms with van der Waals surface area (Å²) in [6, 6.07) is 5.26. The number of carbonyl (C=O) groups excluding carboxylic acids is 1. The Morgan fingerprint density at radius 2 is 1.79 bits per heavy atom. The average molecular weight is 264 g/mol. The average Bonchev–Trinajstić information content (AvgIpc) is 2.95. The van der Waals surface area contributed by atoms with Gasteiger partial charge in [0.2, 0.25) is 0 Å². The summed E-state index contributed by atoms with van der Waals surface area (Å²) in [5.74, 6) is 1.20. The minimum absolute atomic E-state index is 0.0109. The van der Waals surface area contributed by atoms with Crippen LogP contribution in [-0.2, 0) is 4.74 Å². The number of benzene rings is 1. The molecule has 1 fully saturated rings. The third-order valence-electron chi connectivity index (χ3n) is 3.87. The maximum absolute atomic E-state index is 12.8. The van der Waals surface area contributed by atoms with Crippen LogP contribution in [0.15, 0.2) is 18.2 Å². The summed E-state index contributed by atoms with van der Waals surface area (Å²) < 4.78 is 16.0. The topological polar surface area (TPSA) is 44.8 Å². The molecule has 0 saturated heterocycles. The molecule has 1 aliphatic rings. The Morgan fingerprint density at radius 1 is 1.11 bits per heavy atom. The first-order chi connectivity index (χ1) is 9.16. The van der Waals surface area contributed by atoms with Crippen LogP contribution in [0.2, 0.25) is 0 Å². The van der Waals surface area contributed by atoms with Crippen molar-refractivity contribution in [2.45, 2.75) is 31.3 Å². The van der Waals surface area contributed by atoms with Gasteiger partial charge in [0.15, 0.2) is 5.78 Å². The quantitative estimate of drug-likeness (QED) is 0.767. The molecule has 0 N–H and O–H groups in total. The highest BCUT2D eigenvalue weighted by atomic mass is 16.5. The van der Waals surface area contributed by atoms with Gasteiger partial charge in [0.1, 0.15) is 17.1 Å². The van der Waals surface area contributed by atoms with Gasteiger partial charge in [-0.15, -0.1) is 0 Å². The van der Waals surface area contributed by atoms with E-state index in [4.69, 9.17) is 14.2 Å². The molecule has 4 nitrogen and oxygen atoms in total. The number of rotatable bonds is 5. The molecule has 1 saturated carbocycles. The van der Waals surface area contributed by atoms with E-state index in [9.17, 15) is 4.79 Å². The second-order valence-corrected chi connectivity index (χ2v) is 4.80. The smallest absolute Gasteiger partial charge is 0.198 e. The van der Waals surface area contributed by atoms with Crippen molar-refractivity contribution in [2.75, 3.05) is 21.3 Å². The Morgan fingerprint density at radius 3 is 2.32 bits per heavy atom. The molecule has 1 aromatic rings. The van der Waals surface area contributed by atoms with Crippen molar-refractivity contribution in [2.24, 2.45) is 0 Å². The van der Waals surface area contributed by atoms with E-state index in [1.807, 2.05) is 0 Å². The van der Waals surface area contributed by atoms with Crippen LogP contribution in [0.4, 0.5) is 0 Å². The first-order valence-electron chi connectivity index (χ1n) is 6.49. The van der Waals surface area contributed by atoms with Crippen LogP contribution in [0.5, 0.6) is 11.5 Å². The third kappa shape index (κ3) is 2.45. The summed E-state index contributed by atoms with van der Waals surface area (Å²) in [4.78, 5) is 12.8. The summed E-state index contributed by atoms with van der Waals surface area (Å²) in [5.41, 5.74) is -0.162. The van der Waals surface area contributed by atoms with Crippen LogP contribution in [0.25, 0.3) is 0 Å². The molecular formula is C15H20O4. The summed E-state index contributed by atoms with van der Waals surface area (Å²) in [7, 11) is 4.75. The zero-order valence-electron chi connectivity index (χ0n) is 11.7. The van der Waals surface area contributed by atoms with Gasteiger partial charge in [-0.25, -0.2) is 0 Å². The lowest BCUT2D eigenvalue weighted by atomic mass is 9.90. The van der Waals surface area contributed by atoms with Crippen molar-refractivity contribution in [1.82, 2.24) is 0 Å². The summed E-state index contributed by atoms with van der Waals surface area (Å²) in [6.45, 7) is 0. The van der Waals surface area contributed by atoms with Gasteiger partial charge >= 0.3 is 0 Å². The van der Waals surface area contributed by atoms with Gasteiger partial charge in [0, 0.05) is 7.11 Å². The number of ketones is 1. The Hall–Kier alpha value is -1.55. The van der Waals surface area contributed by atoms with E-state index >= 15 is 0 Å². The summed E-state index contributed by atoms with van der Waals surface area (Å²) in [6.07, 6.45) is 3.57. The third-order valence-corrected chi connectivity index (χ3v) is 3.87. The Kier molecular flexibility index (Phi) is 4.10. The monoisotopic (exact) mass is 264 g/mol. The number of Topliss-reactive ketones (excluding diaryl/α,β-unsaturated/α-hetero) is 1. The first kappa shape index (κ1) is 13.9. The van der Waals surface area contributed by atoms with E-state index in [1.54, 1.807) is 39.5 Å². The number of hydrogen-bond acceptors (Lipinski definition) is 4. The van der Waals surface area contributed by atoms with Crippen LogP contribution in [-0.4, -0.2) is 32.7 Å². The van der Waals surface area contributed by atoms with E-state index in [2.05, 4.69) is 0 Å². The molecule has 0 unspecified atom stereocenters. The van der Waals surface area contributed by atoms with Crippen molar-refractivity contribution in [3.63, 3.8) is 0 Å². The normalized spacial score (nSPS) is 17.2. The Balaban J connectivity index is 2.41. The maximum Gasteiger partial charge on any atom is 0.198 e. The van der Waals surface area contributed by atoms with Gasteiger partial charge in [-0.1, -0.05) is 0 Å². The van der Waals surface area contributed by atoms with Crippen molar-refractivity contribution >= 4 is 5.78 Å². The maximum atomic E-state index is 12.8. The van der Waals surface area contributed by atoms with Crippen molar-refractivity contribution < 1.29 is 19.0 Å². The molecule has 0 heterocycles. The molecule has 0 bridgehead atoms. The van der Waals surface area contributed by atoms with Crippen LogP contribution in [0.1, 0.15) is 36.0 Å². The van der Waals surface area contributed by atoms with Crippen LogP contribution >= 0.6 is 0 Å². The van der Waals surface area contributed by atoms with Gasteiger partial charge in [0.25, 0.3) is 0 Å². The van der Waals surface area contributed by atoms with Gasteiger partial charge in [-0.2, -0.15) is 0 Å². The first-order valence-corrected chi connectivity index (χ1v) is 6.49. The molecule has 2 rings (SSSR count). The van der Waals surface area contributed by atoms with Gasteiger partial charge in [-0.05, 0) is 43.9 Å². The van der Waals surface area contributed by atoms with Crippen LogP contribution in [0.3, 0.4) is 0 Å². The molecule has 0 radical (unpaired) electrons. The van der Waals surface area contributed by atoms with Gasteiger partial charge in [-0.3, -0.25) is 4.79 Å². The molecule has 1 aliphatic carbocycles. The van der Waals surface area contributed by atoms with E-state index in [0.717, 1.165) is 25.7 Å². The van der Waals surface area contributed by atoms with E-state index in [0.29, 0.717) is 17.1 Å². The van der Waals surface area contributed by atoms with Crippen molar-refractivity contribution in [3.05, 3.63) is 23.8 Å². The highest BCUT2D eigenvalue weighted by molar-refractivity contribution is 6.05. The minimum Gasteiger partial charge on any atom is -0.497 e. The fourth-order valence-corrected chi connectivity index (χ4v) is 2.71. The molecule has 104 valence electrons. The molecular weight excluding hydrogens is 244 g/mol. The van der Waals surface area contributed by atoms with Gasteiger partial charge < -0.3 is 14.2 Å². The number of hydrogen-bond donors (Lipinski definition) is 0. The zero-order chi connectivity index (χ0) is 13.9. The van der Waals surface area contributed by atoms with Crippen molar-refractivity contribution in [3.8, 4) is 11.5 Å². The second-order valence-electron chi connectivity index (χ2n) is 4.80. The second kappa shape index (κ2) is 5.61. The Bertz CT molecular complexity index is 461. The number of carbonyl (C=O) groups is 1. The Labute approximate surface area is 113 Å². The predicted molar refractivity (Wildman–Crippen MR) is 72.1 cm³/mol. The molecule has 19 heavy (non-hydrogen) atoms. The van der Waals surface area contributed by atoms with Crippen LogP contribution in [0, 0.1) is 0 Å². The summed E-state index contributed by atoms with van der Waals surface area (Å²) >= 11 is 0. The zero-order valence-corrected chi connectivity index (χ0v) is 11.7. The van der Waals surface area contributed by atoms with Crippen molar-refractivity contribution in [1.29, 1.82) is 0 Å². The van der Waals surface area contributed by atoms with E-state index in [1.165, 1.54) is 0 Å². The highest BCUT2D eigenvalue weighted by Crippen LogP contribution is 2.38. The number of methoxy groups -OCH3 is 3. The lowest BCUT2D eigenvalue weighted by molar-refractivity contribution is 0.00579. The fourth-order valence-electron chi connectivity index (χ4n) is 2.71. The lowest BCUT2D eigenvalue weighted by Gasteiger charge is -2.26. The van der Waals surface area contributed by atoms with Gasteiger partial charge in [0.05, 0.1) is 19.8 Å². The lowest BCUT2D eigenvalue weighted by Crippen LogP contribution is -2.38. The summed E-state index contributed by atoms with van der Waals surface area (Å²) in [5, 5.41) is 0. The van der Waals surface area contributed by atoms with E-state index in [-0.39, 0.29) is 5.78 Å². The van der Waals surface area contributed by atoms with Crippen LogP contribution < -0.4 is 9.47 Å². The molecule has 0 aromatic heterocycles. The SMILES string of the molecule is COc1ccc(OC)c(C(=O)C2(OC)CCCC2)c1. The minimum atomic E-state index is -0.695. The molecule has 0 spiro atoms. The largest absolute Gasteiger partial charge is 0.497 e. The fraction of sp³-hybridized carbons (Fsp3) is 0.533. The molecule has 4 heteroatoms. The van der Waals surface area contributed by atoms with E-state index < -0.39 is 5.60 Å². The predicted octanol–water partition coefficient (Wildman–Crippen LogP) is 2.85. The molecule has 0 amide bonds. The highest BCUT2D eigenvalue weighted by Gasteiger charge is 2.42. The number of ether oxygens (including phenoxy) is 3. The standard InChI is InChI=1S/C15H20O4/c1-17-11-6-7-13(18-2)12(10-11)14(16)15(19-3)8-4-5-9-15/h6-7,10H,4-5,8-9H2,1-3H3. The molecule has 1 aromatic carbocycles. The molecule has 0 aliphatic heterocycles. The molecule has 0 atom stereocenters.